The molecule has 1 aliphatic heterocycles. The number of nitrogens with zero attached hydrogens (tertiary/aromatic N) is 3. The van der Waals surface area contributed by atoms with Crippen LogP contribution in [0.4, 0.5) is 11.4 Å². The van der Waals surface area contributed by atoms with Crippen LogP contribution in [0.3, 0.4) is 0 Å². The molecule has 0 radical (unpaired) electrons. The van der Waals surface area contributed by atoms with Crippen molar-refractivity contribution in [1.29, 1.82) is 5.26 Å². The van der Waals surface area contributed by atoms with Crippen molar-refractivity contribution in [3.05, 3.63) is 23.8 Å². The van der Waals surface area contributed by atoms with Gasteiger partial charge in [0.1, 0.15) is 6.07 Å². The van der Waals surface area contributed by atoms with Crippen LogP contribution >= 0.6 is 0 Å². The Morgan fingerprint density at radius 3 is 2.61 bits per heavy atom. The maximum atomic E-state index is 9.17. The van der Waals surface area contributed by atoms with Gasteiger partial charge in [0.25, 0.3) is 0 Å². The number of anilines is 2. The van der Waals surface area contributed by atoms with Crippen LogP contribution in [0.15, 0.2) is 18.2 Å². The highest BCUT2D eigenvalue weighted by Crippen LogP contribution is 2.23. The Labute approximate surface area is 109 Å². The van der Waals surface area contributed by atoms with Gasteiger partial charge >= 0.3 is 0 Å². The van der Waals surface area contributed by atoms with Crippen LogP contribution in [0.5, 0.6) is 0 Å². The number of rotatable bonds is 3. The second-order valence-electron chi connectivity index (χ2n) is 4.72. The van der Waals surface area contributed by atoms with Crippen LogP contribution in [0.1, 0.15) is 18.9 Å². The fraction of sp³-hybridized carbons (Fsp3) is 0.500. The van der Waals surface area contributed by atoms with Crippen molar-refractivity contribution in [3.8, 4) is 6.07 Å². The van der Waals surface area contributed by atoms with Gasteiger partial charge in [-0.1, -0.05) is 6.92 Å². The lowest BCUT2D eigenvalue weighted by Gasteiger charge is -2.36. The summed E-state index contributed by atoms with van der Waals surface area (Å²) in [4.78, 5) is 4.75. The van der Waals surface area contributed by atoms with E-state index < -0.39 is 0 Å². The maximum Gasteiger partial charge on any atom is 0.101 e. The molecule has 1 aromatic rings. The first-order chi connectivity index (χ1) is 8.74. The van der Waals surface area contributed by atoms with Crippen molar-refractivity contribution in [2.45, 2.75) is 13.3 Å². The molecule has 2 rings (SSSR count). The van der Waals surface area contributed by atoms with Gasteiger partial charge in [0.2, 0.25) is 0 Å². The summed E-state index contributed by atoms with van der Waals surface area (Å²) in [5, 5.41) is 9.17. The molecule has 18 heavy (non-hydrogen) atoms. The van der Waals surface area contributed by atoms with E-state index in [2.05, 4.69) is 22.8 Å². The molecule has 0 bridgehead atoms. The minimum absolute atomic E-state index is 0.653. The third kappa shape index (κ3) is 2.74. The quantitative estimate of drug-likeness (QED) is 0.822. The monoisotopic (exact) mass is 244 g/mol. The van der Waals surface area contributed by atoms with Gasteiger partial charge < -0.3 is 10.6 Å². The molecule has 0 atom stereocenters. The standard InChI is InChI=1S/C14H20N4/c1-2-5-17-6-8-18(9-7-17)14-4-3-13(16)10-12(14)11-15/h3-4,10H,2,5-9,16H2,1H3. The molecule has 0 saturated carbocycles. The molecule has 1 saturated heterocycles. The van der Waals surface area contributed by atoms with Gasteiger partial charge in [-0.3, -0.25) is 4.90 Å². The Bertz CT molecular complexity index is 442. The molecular weight excluding hydrogens is 224 g/mol. The number of nitrogens with two attached hydrogens (primary N) is 1. The van der Waals surface area contributed by atoms with E-state index in [-0.39, 0.29) is 0 Å². The summed E-state index contributed by atoms with van der Waals surface area (Å²) in [5.74, 6) is 0. The van der Waals surface area contributed by atoms with E-state index in [4.69, 9.17) is 11.0 Å². The SMILES string of the molecule is CCCN1CCN(c2ccc(N)cc2C#N)CC1. The second kappa shape index (κ2) is 5.74. The lowest BCUT2D eigenvalue weighted by molar-refractivity contribution is 0.258. The van der Waals surface area contributed by atoms with Crippen molar-refractivity contribution >= 4 is 11.4 Å². The van der Waals surface area contributed by atoms with E-state index in [9.17, 15) is 0 Å². The Hall–Kier alpha value is -1.73. The minimum atomic E-state index is 0.653. The summed E-state index contributed by atoms with van der Waals surface area (Å²) in [5.41, 5.74) is 8.07. The largest absolute Gasteiger partial charge is 0.399 e. The van der Waals surface area contributed by atoms with E-state index >= 15 is 0 Å². The number of piperazine rings is 1. The van der Waals surface area contributed by atoms with Crippen LogP contribution < -0.4 is 10.6 Å². The Kier molecular flexibility index (Phi) is 4.06. The van der Waals surface area contributed by atoms with E-state index in [0.717, 1.165) is 31.9 Å². The first kappa shape index (κ1) is 12.7. The summed E-state index contributed by atoms with van der Waals surface area (Å²) < 4.78 is 0. The zero-order valence-electron chi connectivity index (χ0n) is 10.9. The average Bonchev–Trinajstić information content (AvgIpc) is 2.40. The summed E-state index contributed by atoms with van der Waals surface area (Å²) in [6.45, 7) is 7.49. The fourth-order valence-corrected chi connectivity index (χ4v) is 2.45. The molecule has 2 N–H and O–H groups in total. The second-order valence-corrected chi connectivity index (χ2v) is 4.72. The Balaban J connectivity index is 2.08. The first-order valence-electron chi connectivity index (χ1n) is 6.51. The topological polar surface area (TPSA) is 56.3 Å². The molecule has 1 aromatic carbocycles. The van der Waals surface area contributed by atoms with Crippen LogP contribution in [0, 0.1) is 11.3 Å². The number of hydrogen-bond donors (Lipinski definition) is 1. The lowest BCUT2D eigenvalue weighted by Crippen LogP contribution is -2.46. The zero-order chi connectivity index (χ0) is 13.0. The number of benzene rings is 1. The molecule has 1 heterocycles. The van der Waals surface area contributed by atoms with Gasteiger partial charge in [0.05, 0.1) is 11.3 Å². The summed E-state index contributed by atoms with van der Waals surface area (Å²) in [7, 11) is 0. The molecule has 0 unspecified atom stereocenters. The van der Waals surface area contributed by atoms with Crippen LogP contribution in [-0.2, 0) is 0 Å². The third-order valence-electron chi connectivity index (χ3n) is 3.39. The van der Waals surface area contributed by atoms with Gasteiger partial charge in [0, 0.05) is 31.9 Å². The Morgan fingerprint density at radius 1 is 1.28 bits per heavy atom. The van der Waals surface area contributed by atoms with Gasteiger partial charge in [-0.05, 0) is 31.2 Å². The average molecular weight is 244 g/mol. The highest BCUT2D eigenvalue weighted by atomic mass is 15.3. The molecule has 4 heteroatoms. The van der Waals surface area contributed by atoms with Crippen molar-refractivity contribution in [1.82, 2.24) is 4.90 Å². The predicted molar refractivity (Wildman–Crippen MR) is 74.5 cm³/mol. The van der Waals surface area contributed by atoms with Crippen LogP contribution in [0.2, 0.25) is 0 Å². The van der Waals surface area contributed by atoms with Gasteiger partial charge in [-0.25, -0.2) is 0 Å². The fourth-order valence-electron chi connectivity index (χ4n) is 2.45. The third-order valence-corrected chi connectivity index (χ3v) is 3.39. The van der Waals surface area contributed by atoms with Crippen molar-refractivity contribution in [2.24, 2.45) is 0 Å². The molecule has 1 fully saturated rings. The van der Waals surface area contributed by atoms with Crippen LogP contribution in [-0.4, -0.2) is 37.6 Å². The number of hydrogen-bond acceptors (Lipinski definition) is 4. The molecule has 1 aliphatic rings. The zero-order valence-corrected chi connectivity index (χ0v) is 10.9. The minimum Gasteiger partial charge on any atom is -0.399 e. The Morgan fingerprint density at radius 2 is 2.00 bits per heavy atom. The van der Waals surface area contributed by atoms with Gasteiger partial charge in [-0.15, -0.1) is 0 Å². The van der Waals surface area contributed by atoms with E-state index in [0.29, 0.717) is 11.3 Å². The van der Waals surface area contributed by atoms with E-state index in [1.54, 1.807) is 6.07 Å². The smallest absolute Gasteiger partial charge is 0.101 e. The molecular formula is C14H20N4. The molecule has 0 amide bonds. The van der Waals surface area contributed by atoms with Crippen molar-refractivity contribution in [3.63, 3.8) is 0 Å². The lowest BCUT2D eigenvalue weighted by atomic mass is 10.1. The molecule has 0 aliphatic carbocycles. The normalized spacial score (nSPS) is 16.6. The number of nitrogen functional groups attached to an aromatic ring is 1. The molecule has 96 valence electrons. The molecule has 0 aromatic heterocycles. The van der Waals surface area contributed by atoms with Crippen molar-refractivity contribution in [2.75, 3.05) is 43.4 Å². The van der Waals surface area contributed by atoms with E-state index in [1.807, 2.05) is 12.1 Å². The highest BCUT2D eigenvalue weighted by Gasteiger charge is 2.18. The van der Waals surface area contributed by atoms with Crippen LogP contribution in [0.25, 0.3) is 0 Å². The van der Waals surface area contributed by atoms with Crippen molar-refractivity contribution < 1.29 is 0 Å². The molecule has 0 spiro atoms. The maximum absolute atomic E-state index is 9.17. The van der Waals surface area contributed by atoms with E-state index in [1.165, 1.54) is 13.0 Å². The van der Waals surface area contributed by atoms with Gasteiger partial charge in [0.15, 0.2) is 0 Å². The summed E-state index contributed by atoms with van der Waals surface area (Å²) >= 11 is 0. The first-order valence-corrected chi connectivity index (χ1v) is 6.51. The highest BCUT2D eigenvalue weighted by molar-refractivity contribution is 5.64. The number of nitriles is 1. The predicted octanol–water partition coefficient (Wildman–Crippen LogP) is 1.67. The summed E-state index contributed by atoms with van der Waals surface area (Å²) in [6, 6.07) is 7.82. The van der Waals surface area contributed by atoms with Gasteiger partial charge in [-0.2, -0.15) is 5.26 Å². The summed E-state index contributed by atoms with van der Waals surface area (Å²) in [6.07, 6.45) is 1.20. The molecule has 4 nitrogen and oxygen atoms in total.